The third-order valence-corrected chi connectivity index (χ3v) is 7.19. The number of hydrogen-bond donors (Lipinski definition) is 0. The minimum Gasteiger partial charge on any atom is -0.340 e. The van der Waals surface area contributed by atoms with Gasteiger partial charge < -0.3 is 4.90 Å². The van der Waals surface area contributed by atoms with Crippen molar-refractivity contribution >= 4 is 21.6 Å². The van der Waals surface area contributed by atoms with Crippen LogP contribution in [-0.2, 0) is 14.8 Å². The number of nitro groups is 1. The average Bonchev–Trinajstić information content (AvgIpc) is 2.77. The highest BCUT2D eigenvalue weighted by atomic mass is 32.2. The van der Waals surface area contributed by atoms with E-state index in [4.69, 9.17) is 0 Å². The molecule has 0 aliphatic carbocycles. The number of benzene rings is 2. The van der Waals surface area contributed by atoms with E-state index in [1.54, 1.807) is 6.07 Å². The fraction of sp³-hybridized carbons (Fsp3) is 0.350. The van der Waals surface area contributed by atoms with Crippen LogP contribution in [0.2, 0.25) is 0 Å². The SMILES string of the molecule is O=C(CC(c1ccccc1)C(F)(F)F)N1CCN(S(=O)(=O)c2ccccc2[N+](=O)[O-])CC1. The molecule has 2 aromatic rings. The zero-order valence-corrected chi connectivity index (χ0v) is 17.6. The molecule has 0 radical (unpaired) electrons. The van der Waals surface area contributed by atoms with E-state index in [0.717, 1.165) is 16.4 Å². The first-order valence-corrected chi connectivity index (χ1v) is 11.1. The van der Waals surface area contributed by atoms with Gasteiger partial charge in [0.2, 0.25) is 15.9 Å². The number of carbonyl (C=O) groups excluding carboxylic acids is 1. The maximum absolute atomic E-state index is 13.5. The molecule has 0 saturated carbocycles. The van der Waals surface area contributed by atoms with Gasteiger partial charge in [0.05, 0.1) is 10.8 Å². The summed E-state index contributed by atoms with van der Waals surface area (Å²) in [6.07, 6.45) is -5.40. The van der Waals surface area contributed by atoms with Gasteiger partial charge in [0.1, 0.15) is 0 Å². The molecule has 1 saturated heterocycles. The molecule has 0 N–H and O–H groups in total. The summed E-state index contributed by atoms with van der Waals surface area (Å²) in [6.45, 7) is -0.583. The summed E-state index contributed by atoms with van der Waals surface area (Å²) in [7, 11) is -4.20. The third kappa shape index (κ3) is 5.07. The van der Waals surface area contributed by atoms with Gasteiger partial charge in [-0.3, -0.25) is 14.9 Å². The number of piperazine rings is 1. The van der Waals surface area contributed by atoms with Crippen LogP contribution in [0, 0.1) is 10.1 Å². The number of amides is 1. The summed E-state index contributed by atoms with van der Waals surface area (Å²) in [5.74, 6) is -2.70. The Morgan fingerprint density at radius 1 is 1.00 bits per heavy atom. The van der Waals surface area contributed by atoms with E-state index in [1.807, 2.05) is 0 Å². The lowest BCUT2D eigenvalue weighted by Crippen LogP contribution is -2.51. The van der Waals surface area contributed by atoms with Gasteiger partial charge in [-0.1, -0.05) is 42.5 Å². The van der Waals surface area contributed by atoms with Crippen molar-refractivity contribution in [2.75, 3.05) is 26.2 Å². The predicted octanol–water partition coefficient (Wildman–Crippen LogP) is 3.16. The fourth-order valence-electron chi connectivity index (χ4n) is 3.55. The molecule has 0 aromatic heterocycles. The van der Waals surface area contributed by atoms with Gasteiger partial charge in [-0.15, -0.1) is 0 Å². The van der Waals surface area contributed by atoms with Gasteiger partial charge in [-0.05, 0) is 11.6 Å². The molecule has 32 heavy (non-hydrogen) atoms. The molecule has 1 amide bonds. The topological polar surface area (TPSA) is 101 Å². The van der Waals surface area contributed by atoms with Crippen molar-refractivity contribution in [1.29, 1.82) is 0 Å². The minimum atomic E-state index is -4.62. The van der Waals surface area contributed by atoms with Gasteiger partial charge in [-0.2, -0.15) is 17.5 Å². The molecule has 1 aliphatic rings. The predicted molar refractivity (Wildman–Crippen MR) is 108 cm³/mol. The molecule has 12 heteroatoms. The zero-order valence-electron chi connectivity index (χ0n) is 16.7. The third-order valence-electron chi connectivity index (χ3n) is 5.25. The number of hydrogen-bond acceptors (Lipinski definition) is 5. The number of halogens is 3. The summed E-state index contributed by atoms with van der Waals surface area (Å²) in [4.78, 5) is 23.7. The molecule has 1 aliphatic heterocycles. The molecule has 172 valence electrons. The highest BCUT2D eigenvalue weighted by molar-refractivity contribution is 7.89. The van der Waals surface area contributed by atoms with Crippen LogP contribution in [0.15, 0.2) is 59.5 Å². The van der Waals surface area contributed by atoms with Crippen molar-refractivity contribution in [3.05, 3.63) is 70.3 Å². The van der Waals surface area contributed by atoms with E-state index >= 15 is 0 Å². The molecule has 0 bridgehead atoms. The van der Waals surface area contributed by atoms with Gasteiger partial charge in [0, 0.05) is 38.7 Å². The standard InChI is InChI=1S/C20H20F3N3O5S/c21-20(22,23)16(15-6-2-1-3-7-15)14-19(27)24-10-12-25(13-11-24)32(30,31)18-9-5-4-8-17(18)26(28)29/h1-9,16H,10-14H2. The minimum absolute atomic E-state index is 0.0223. The van der Waals surface area contributed by atoms with Crippen LogP contribution in [0.1, 0.15) is 17.9 Å². The number of nitrogens with zero attached hydrogens (tertiary/aromatic N) is 3. The van der Waals surface area contributed by atoms with Crippen LogP contribution in [-0.4, -0.2) is 60.8 Å². The van der Waals surface area contributed by atoms with Crippen LogP contribution >= 0.6 is 0 Å². The Morgan fingerprint density at radius 3 is 2.12 bits per heavy atom. The number of para-hydroxylation sites is 1. The van der Waals surface area contributed by atoms with Crippen LogP contribution in [0.25, 0.3) is 0 Å². The van der Waals surface area contributed by atoms with Crippen LogP contribution in [0.3, 0.4) is 0 Å². The Hall–Kier alpha value is -2.99. The lowest BCUT2D eigenvalue weighted by Gasteiger charge is -2.34. The van der Waals surface area contributed by atoms with Crippen molar-refractivity contribution < 1.29 is 31.3 Å². The highest BCUT2D eigenvalue weighted by Crippen LogP contribution is 2.38. The zero-order chi connectivity index (χ0) is 23.5. The van der Waals surface area contributed by atoms with E-state index in [2.05, 4.69) is 0 Å². The van der Waals surface area contributed by atoms with Gasteiger partial charge in [0.25, 0.3) is 5.69 Å². The van der Waals surface area contributed by atoms with Gasteiger partial charge in [0.15, 0.2) is 4.90 Å². The van der Waals surface area contributed by atoms with E-state index < -0.39 is 50.0 Å². The first kappa shape index (κ1) is 23.7. The Kier molecular flexibility index (Phi) is 6.84. The molecule has 1 unspecified atom stereocenters. The average molecular weight is 471 g/mol. The number of sulfonamides is 1. The normalized spacial score (nSPS) is 16.5. The smallest absolute Gasteiger partial charge is 0.340 e. The summed E-state index contributed by atoms with van der Waals surface area (Å²) in [5, 5.41) is 11.2. The summed E-state index contributed by atoms with van der Waals surface area (Å²) < 4.78 is 67.3. The maximum atomic E-state index is 13.5. The van der Waals surface area contributed by atoms with E-state index in [1.165, 1.54) is 41.3 Å². The summed E-state index contributed by atoms with van der Waals surface area (Å²) >= 11 is 0. The second-order valence-electron chi connectivity index (χ2n) is 7.22. The number of carbonyl (C=O) groups is 1. The second-order valence-corrected chi connectivity index (χ2v) is 9.13. The lowest BCUT2D eigenvalue weighted by atomic mass is 9.94. The van der Waals surface area contributed by atoms with Crippen LogP contribution in [0.4, 0.5) is 18.9 Å². The Morgan fingerprint density at radius 2 is 1.56 bits per heavy atom. The quantitative estimate of drug-likeness (QED) is 0.476. The van der Waals surface area contributed by atoms with Crippen molar-refractivity contribution in [2.45, 2.75) is 23.4 Å². The van der Waals surface area contributed by atoms with Crippen molar-refractivity contribution in [3.63, 3.8) is 0 Å². The Balaban J connectivity index is 1.70. The lowest BCUT2D eigenvalue weighted by molar-refractivity contribution is -0.387. The van der Waals surface area contributed by atoms with Crippen molar-refractivity contribution in [3.8, 4) is 0 Å². The highest BCUT2D eigenvalue weighted by Gasteiger charge is 2.43. The molecule has 2 aromatic carbocycles. The van der Waals surface area contributed by atoms with E-state index in [9.17, 15) is 36.5 Å². The Bertz CT molecular complexity index is 1090. The van der Waals surface area contributed by atoms with E-state index in [0.29, 0.717) is 0 Å². The first-order valence-electron chi connectivity index (χ1n) is 9.65. The Labute approximate surface area is 182 Å². The fourth-order valence-corrected chi connectivity index (χ4v) is 5.13. The largest absolute Gasteiger partial charge is 0.396 e. The molecular weight excluding hydrogens is 451 g/mol. The molecule has 1 fully saturated rings. The number of rotatable bonds is 6. The van der Waals surface area contributed by atoms with E-state index in [-0.39, 0.29) is 31.7 Å². The van der Waals surface area contributed by atoms with Crippen molar-refractivity contribution in [1.82, 2.24) is 9.21 Å². The van der Waals surface area contributed by atoms with Crippen LogP contribution in [0.5, 0.6) is 0 Å². The van der Waals surface area contributed by atoms with Crippen molar-refractivity contribution in [2.24, 2.45) is 0 Å². The van der Waals surface area contributed by atoms with Gasteiger partial charge >= 0.3 is 6.18 Å². The molecule has 0 spiro atoms. The number of nitro benzene ring substituents is 1. The molecule has 3 rings (SSSR count). The maximum Gasteiger partial charge on any atom is 0.396 e. The molecule has 1 heterocycles. The monoisotopic (exact) mass is 471 g/mol. The van der Waals surface area contributed by atoms with Gasteiger partial charge in [-0.25, -0.2) is 8.42 Å². The van der Waals surface area contributed by atoms with Crippen LogP contribution < -0.4 is 0 Å². The number of alkyl halides is 3. The molecular formula is C20H20F3N3O5S. The molecule has 8 nitrogen and oxygen atoms in total. The summed E-state index contributed by atoms with van der Waals surface area (Å²) in [6, 6.07) is 12.0. The molecule has 1 atom stereocenters. The summed E-state index contributed by atoms with van der Waals surface area (Å²) in [5.41, 5.74) is -0.590. The second kappa shape index (κ2) is 9.25. The first-order chi connectivity index (χ1) is 15.0.